The van der Waals surface area contributed by atoms with E-state index in [1.807, 2.05) is 62.4 Å². The maximum Gasteiger partial charge on any atom is 0.219 e. The fourth-order valence-electron chi connectivity index (χ4n) is 3.56. The Balaban J connectivity index is 1.74. The molecule has 0 saturated carbocycles. The molecule has 3 atom stereocenters. The van der Waals surface area contributed by atoms with Gasteiger partial charge in [0.05, 0.1) is 5.54 Å². The first-order chi connectivity index (χ1) is 12.3. The second-order valence-corrected chi connectivity index (χ2v) is 8.18. The van der Waals surface area contributed by atoms with Crippen LogP contribution in [0.4, 0.5) is 0 Å². The number of aliphatic imine (C=N–C) groups is 1. The molecule has 2 aliphatic rings. The van der Waals surface area contributed by atoms with Crippen molar-refractivity contribution in [2.24, 2.45) is 4.99 Å². The smallest absolute Gasteiger partial charge is 0.219 e. The molecule has 2 aromatic rings. The van der Waals surface area contributed by atoms with E-state index in [4.69, 9.17) is 21.1 Å². The molecule has 5 heteroatoms. The van der Waals surface area contributed by atoms with Crippen LogP contribution >= 0.6 is 11.6 Å². The van der Waals surface area contributed by atoms with Gasteiger partial charge in [0.1, 0.15) is 18.8 Å². The number of hydrogen-bond acceptors (Lipinski definition) is 4. The topological polar surface area (TPSA) is 51.0 Å². The SMILES string of the molecule is CC1(C)COC([C@@](C)(O)[C@H]2OC(c3ccc(Cl)cc3)c3ccccc32)=N1. The highest BCUT2D eigenvalue weighted by atomic mass is 35.5. The molecule has 1 N–H and O–H groups in total. The average molecular weight is 372 g/mol. The summed E-state index contributed by atoms with van der Waals surface area (Å²) in [7, 11) is 0. The number of fused-ring (bicyclic) bond motifs is 1. The third-order valence-electron chi connectivity index (χ3n) is 4.92. The predicted molar refractivity (Wildman–Crippen MR) is 102 cm³/mol. The van der Waals surface area contributed by atoms with E-state index in [-0.39, 0.29) is 11.6 Å². The highest BCUT2D eigenvalue weighted by molar-refractivity contribution is 6.30. The number of benzene rings is 2. The number of halogens is 1. The molecule has 0 saturated heterocycles. The van der Waals surface area contributed by atoms with Crippen LogP contribution in [0.2, 0.25) is 5.02 Å². The summed E-state index contributed by atoms with van der Waals surface area (Å²) in [5.41, 5.74) is 1.29. The van der Waals surface area contributed by atoms with Crippen molar-refractivity contribution in [3.05, 3.63) is 70.2 Å². The zero-order valence-corrected chi connectivity index (χ0v) is 15.8. The number of aliphatic hydroxyl groups is 1. The van der Waals surface area contributed by atoms with Gasteiger partial charge in [0.15, 0.2) is 5.60 Å². The molecule has 0 aliphatic carbocycles. The van der Waals surface area contributed by atoms with E-state index < -0.39 is 11.7 Å². The van der Waals surface area contributed by atoms with Crippen LogP contribution in [-0.2, 0) is 9.47 Å². The van der Waals surface area contributed by atoms with Gasteiger partial charge in [-0.3, -0.25) is 0 Å². The minimum atomic E-state index is -1.36. The Labute approximate surface area is 158 Å². The molecule has 4 nitrogen and oxygen atoms in total. The highest BCUT2D eigenvalue weighted by Gasteiger charge is 2.49. The molecule has 136 valence electrons. The first-order valence-corrected chi connectivity index (χ1v) is 9.11. The number of hydrogen-bond donors (Lipinski definition) is 1. The number of rotatable bonds is 3. The lowest BCUT2D eigenvalue weighted by Crippen LogP contribution is -2.42. The Kier molecular flexibility index (Phi) is 4.10. The Morgan fingerprint density at radius 1 is 1.12 bits per heavy atom. The molecular weight excluding hydrogens is 350 g/mol. The molecule has 0 aromatic heterocycles. The van der Waals surface area contributed by atoms with Crippen molar-refractivity contribution in [1.29, 1.82) is 0 Å². The largest absolute Gasteiger partial charge is 0.476 e. The van der Waals surface area contributed by atoms with Crippen molar-refractivity contribution in [2.75, 3.05) is 6.61 Å². The first-order valence-electron chi connectivity index (χ1n) is 8.73. The van der Waals surface area contributed by atoms with Gasteiger partial charge in [0.2, 0.25) is 5.90 Å². The van der Waals surface area contributed by atoms with Crippen molar-refractivity contribution < 1.29 is 14.6 Å². The van der Waals surface area contributed by atoms with Crippen LogP contribution in [0.15, 0.2) is 53.5 Å². The summed E-state index contributed by atoms with van der Waals surface area (Å²) in [6, 6.07) is 15.6. The molecule has 2 heterocycles. The van der Waals surface area contributed by atoms with Gasteiger partial charge in [-0.05, 0) is 49.6 Å². The van der Waals surface area contributed by atoms with Crippen molar-refractivity contribution in [3.63, 3.8) is 0 Å². The quantitative estimate of drug-likeness (QED) is 0.866. The molecule has 0 spiro atoms. The monoisotopic (exact) mass is 371 g/mol. The van der Waals surface area contributed by atoms with Gasteiger partial charge < -0.3 is 14.6 Å². The minimum Gasteiger partial charge on any atom is -0.476 e. The lowest BCUT2D eigenvalue weighted by molar-refractivity contribution is -0.0776. The van der Waals surface area contributed by atoms with E-state index in [0.29, 0.717) is 17.5 Å². The zero-order chi connectivity index (χ0) is 18.5. The summed E-state index contributed by atoms with van der Waals surface area (Å²) in [6.07, 6.45) is -0.831. The second kappa shape index (κ2) is 6.08. The van der Waals surface area contributed by atoms with Gasteiger partial charge in [0.25, 0.3) is 0 Å². The fraction of sp³-hybridized carbons (Fsp3) is 0.381. The summed E-state index contributed by atoms with van der Waals surface area (Å²) in [4.78, 5) is 4.57. The van der Waals surface area contributed by atoms with E-state index >= 15 is 0 Å². The van der Waals surface area contributed by atoms with Gasteiger partial charge >= 0.3 is 0 Å². The molecule has 2 aromatic carbocycles. The van der Waals surface area contributed by atoms with Crippen LogP contribution in [-0.4, -0.2) is 28.8 Å². The maximum atomic E-state index is 11.3. The Hall–Kier alpha value is -1.88. The Bertz CT molecular complexity index is 858. The standard InChI is InChI=1S/C21H22ClNO3/c1-20(2)12-25-19(23-20)21(3,24)18-16-7-5-4-6-15(16)17(26-18)13-8-10-14(22)11-9-13/h4-11,17-18,24H,12H2,1-3H3/t17?,18-,21-/m0/s1. The van der Waals surface area contributed by atoms with Crippen LogP contribution < -0.4 is 0 Å². The van der Waals surface area contributed by atoms with E-state index in [1.54, 1.807) is 6.92 Å². The van der Waals surface area contributed by atoms with Gasteiger partial charge in [-0.2, -0.15) is 0 Å². The van der Waals surface area contributed by atoms with Crippen LogP contribution in [0, 0.1) is 0 Å². The van der Waals surface area contributed by atoms with E-state index in [2.05, 4.69) is 4.99 Å². The predicted octanol–water partition coefficient (Wildman–Crippen LogP) is 4.46. The van der Waals surface area contributed by atoms with Crippen LogP contribution in [0.25, 0.3) is 0 Å². The zero-order valence-electron chi connectivity index (χ0n) is 15.1. The average Bonchev–Trinajstić information content (AvgIpc) is 3.17. The van der Waals surface area contributed by atoms with E-state index in [1.165, 1.54) is 0 Å². The Morgan fingerprint density at radius 3 is 2.38 bits per heavy atom. The summed E-state index contributed by atoms with van der Waals surface area (Å²) in [5, 5.41) is 12.0. The van der Waals surface area contributed by atoms with E-state index in [9.17, 15) is 5.11 Å². The molecule has 0 amide bonds. The third kappa shape index (κ3) is 2.92. The lowest BCUT2D eigenvalue weighted by Gasteiger charge is -2.29. The van der Waals surface area contributed by atoms with E-state index in [0.717, 1.165) is 16.7 Å². The summed E-state index contributed by atoms with van der Waals surface area (Å²) < 4.78 is 12.1. The minimum absolute atomic E-state index is 0.269. The summed E-state index contributed by atoms with van der Waals surface area (Å²) >= 11 is 6.02. The first kappa shape index (κ1) is 17.5. The summed E-state index contributed by atoms with van der Waals surface area (Å²) in [5.74, 6) is 0.332. The molecule has 2 aliphatic heterocycles. The third-order valence-corrected chi connectivity index (χ3v) is 5.17. The molecule has 0 radical (unpaired) electrons. The van der Waals surface area contributed by atoms with Gasteiger partial charge in [0, 0.05) is 5.02 Å². The molecule has 26 heavy (non-hydrogen) atoms. The molecule has 0 fully saturated rings. The van der Waals surface area contributed by atoms with Crippen molar-refractivity contribution >= 4 is 17.5 Å². The van der Waals surface area contributed by atoms with Crippen molar-refractivity contribution in [3.8, 4) is 0 Å². The summed E-state index contributed by atoms with van der Waals surface area (Å²) in [6.45, 7) is 6.12. The molecule has 1 unspecified atom stereocenters. The van der Waals surface area contributed by atoms with Crippen LogP contribution in [0.3, 0.4) is 0 Å². The van der Waals surface area contributed by atoms with Crippen LogP contribution in [0.5, 0.6) is 0 Å². The van der Waals surface area contributed by atoms with Gasteiger partial charge in [-0.15, -0.1) is 0 Å². The normalized spacial score (nSPS) is 26.0. The number of nitrogens with zero attached hydrogens (tertiary/aromatic N) is 1. The highest BCUT2D eigenvalue weighted by Crippen LogP contribution is 2.48. The Morgan fingerprint density at radius 2 is 1.77 bits per heavy atom. The maximum absolute atomic E-state index is 11.3. The van der Waals surface area contributed by atoms with Crippen molar-refractivity contribution in [1.82, 2.24) is 0 Å². The number of ether oxygens (including phenoxy) is 2. The van der Waals surface area contributed by atoms with Crippen LogP contribution in [0.1, 0.15) is 49.7 Å². The van der Waals surface area contributed by atoms with Gasteiger partial charge in [-0.25, -0.2) is 4.99 Å². The molecular formula is C21H22ClNO3. The molecule has 0 bridgehead atoms. The second-order valence-electron chi connectivity index (χ2n) is 7.74. The van der Waals surface area contributed by atoms with Gasteiger partial charge in [-0.1, -0.05) is 48.0 Å². The van der Waals surface area contributed by atoms with Crippen molar-refractivity contribution in [2.45, 2.75) is 44.1 Å². The molecule has 4 rings (SSSR count). The lowest BCUT2D eigenvalue weighted by atomic mass is 9.90. The fourth-order valence-corrected chi connectivity index (χ4v) is 3.68.